The molecule has 0 amide bonds. The number of nitriles is 1. The van der Waals surface area contributed by atoms with Crippen molar-refractivity contribution in [2.75, 3.05) is 0 Å². The third-order valence-electron chi connectivity index (χ3n) is 1.96. The zero-order valence-electron chi connectivity index (χ0n) is 8.25. The van der Waals surface area contributed by atoms with Crippen LogP contribution in [0.3, 0.4) is 0 Å². The second kappa shape index (κ2) is 4.61. The van der Waals surface area contributed by atoms with E-state index in [1.165, 1.54) is 12.1 Å². The smallest absolute Gasteiger partial charge is 0.166 e. The fourth-order valence-corrected chi connectivity index (χ4v) is 0.966. The quantitative estimate of drug-likeness (QED) is 0.739. The van der Waals surface area contributed by atoms with Gasteiger partial charge in [-0.1, -0.05) is 6.92 Å². The monoisotopic (exact) mass is 193 g/mol. The maximum atomic E-state index is 13.3. The van der Waals surface area contributed by atoms with Crippen LogP contribution in [0.1, 0.15) is 25.8 Å². The van der Waals surface area contributed by atoms with Gasteiger partial charge in [-0.2, -0.15) is 5.26 Å². The fraction of sp³-hybridized carbons (Fsp3) is 0.364. The van der Waals surface area contributed by atoms with Gasteiger partial charge in [-0.05, 0) is 31.5 Å². The molecule has 3 heteroatoms. The molecular formula is C11H12FNO. The van der Waals surface area contributed by atoms with Gasteiger partial charge in [0.2, 0.25) is 0 Å². The molecule has 0 aromatic heterocycles. The molecule has 1 unspecified atom stereocenters. The summed E-state index contributed by atoms with van der Waals surface area (Å²) in [5.74, 6) is -0.275. The minimum atomic E-state index is -0.482. The van der Waals surface area contributed by atoms with Gasteiger partial charge in [-0.3, -0.25) is 0 Å². The number of halogens is 1. The van der Waals surface area contributed by atoms with E-state index in [0.717, 1.165) is 6.42 Å². The summed E-state index contributed by atoms with van der Waals surface area (Å²) in [6, 6.07) is 6.07. The molecule has 14 heavy (non-hydrogen) atoms. The van der Waals surface area contributed by atoms with E-state index in [4.69, 9.17) is 10.00 Å². The minimum Gasteiger partial charge on any atom is -0.488 e. The largest absolute Gasteiger partial charge is 0.488 e. The van der Waals surface area contributed by atoms with Gasteiger partial charge < -0.3 is 4.74 Å². The van der Waals surface area contributed by atoms with Crippen LogP contribution in [0.2, 0.25) is 0 Å². The van der Waals surface area contributed by atoms with Crippen LogP contribution in [0.4, 0.5) is 4.39 Å². The van der Waals surface area contributed by atoms with Crippen molar-refractivity contribution in [1.29, 1.82) is 5.26 Å². The van der Waals surface area contributed by atoms with E-state index in [-0.39, 0.29) is 11.9 Å². The average Bonchev–Trinajstić information content (AvgIpc) is 2.20. The molecule has 0 bridgehead atoms. The van der Waals surface area contributed by atoms with Crippen LogP contribution < -0.4 is 4.74 Å². The Bertz CT molecular complexity index is 357. The third-order valence-corrected chi connectivity index (χ3v) is 1.96. The van der Waals surface area contributed by atoms with Crippen LogP contribution in [-0.4, -0.2) is 6.10 Å². The molecule has 0 aliphatic carbocycles. The Balaban J connectivity index is 2.85. The van der Waals surface area contributed by atoms with Gasteiger partial charge in [0, 0.05) is 0 Å². The number of ether oxygens (including phenoxy) is 1. The topological polar surface area (TPSA) is 33.0 Å². The Morgan fingerprint density at radius 3 is 2.79 bits per heavy atom. The van der Waals surface area contributed by atoms with Crippen LogP contribution in [0.25, 0.3) is 0 Å². The molecule has 0 fully saturated rings. The van der Waals surface area contributed by atoms with Crippen molar-refractivity contribution in [3.05, 3.63) is 29.6 Å². The van der Waals surface area contributed by atoms with Crippen molar-refractivity contribution in [1.82, 2.24) is 0 Å². The zero-order chi connectivity index (χ0) is 10.6. The Kier molecular flexibility index (Phi) is 3.47. The van der Waals surface area contributed by atoms with Crippen LogP contribution in [-0.2, 0) is 0 Å². The normalized spacial score (nSPS) is 11.9. The summed E-state index contributed by atoms with van der Waals surface area (Å²) in [7, 11) is 0. The molecule has 1 aromatic rings. The number of nitrogens with zero attached hydrogens (tertiary/aromatic N) is 1. The third kappa shape index (κ3) is 2.46. The summed E-state index contributed by atoms with van der Waals surface area (Å²) in [5.41, 5.74) is 0.305. The lowest BCUT2D eigenvalue weighted by Gasteiger charge is -2.12. The maximum Gasteiger partial charge on any atom is 0.166 e. The van der Waals surface area contributed by atoms with Crippen LogP contribution >= 0.6 is 0 Å². The van der Waals surface area contributed by atoms with Crippen molar-refractivity contribution < 1.29 is 9.13 Å². The molecule has 0 aliphatic rings. The number of hydrogen-bond donors (Lipinski definition) is 0. The zero-order valence-corrected chi connectivity index (χ0v) is 8.25. The van der Waals surface area contributed by atoms with Gasteiger partial charge in [0.15, 0.2) is 11.6 Å². The van der Waals surface area contributed by atoms with Crippen LogP contribution in [0.15, 0.2) is 18.2 Å². The average molecular weight is 193 g/mol. The highest BCUT2D eigenvalue weighted by Gasteiger charge is 2.07. The Morgan fingerprint density at radius 2 is 2.29 bits per heavy atom. The standard InChI is InChI=1S/C11H12FNO/c1-3-8(2)14-11-5-4-9(7-13)6-10(11)12/h4-6,8H,3H2,1-2H3. The predicted molar refractivity (Wildman–Crippen MR) is 51.5 cm³/mol. The number of hydrogen-bond acceptors (Lipinski definition) is 2. The van der Waals surface area contributed by atoms with E-state index >= 15 is 0 Å². The van der Waals surface area contributed by atoms with Gasteiger partial charge in [0.25, 0.3) is 0 Å². The van der Waals surface area contributed by atoms with Crippen LogP contribution in [0.5, 0.6) is 5.75 Å². The molecule has 0 spiro atoms. The summed E-state index contributed by atoms with van der Waals surface area (Å²) in [6.45, 7) is 3.84. The van der Waals surface area contributed by atoms with Crippen molar-refractivity contribution in [2.45, 2.75) is 26.4 Å². The molecule has 0 radical (unpaired) electrons. The highest BCUT2D eigenvalue weighted by molar-refractivity contribution is 5.36. The fourth-order valence-electron chi connectivity index (χ4n) is 0.966. The summed E-state index contributed by atoms with van der Waals surface area (Å²) in [6.07, 6.45) is 0.803. The summed E-state index contributed by atoms with van der Waals surface area (Å²) in [5, 5.41) is 8.52. The van der Waals surface area contributed by atoms with Crippen molar-refractivity contribution >= 4 is 0 Å². The first-order valence-electron chi connectivity index (χ1n) is 4.53. The summed E-state index contributed by atoms with van der Waals surface area (Å²) >= 11 is 0. The van der Waals surface area contributed by atoms with Crippen LogP contribution in [0, 0.1) is 17.1 Å². The second-order valence-corrected chi connectivity index (χ2v) is 3.09. The van der Waals surface area contributed by atoms with Gasteiger partial charge in [-0.25, -0.2) is 4.39 Å². The minimum absolute atomic E-state index is 0.0163. The van der Waals surface area contributed by atoms with E-state index in [1.807, 2.05) is 19.9 Å². The molecule has 1 aromatic carbocycles. The molecule has 1 rings (SSSR count). The molecular weight excluding hydrogens is 181 g/mol. The summed E-state index contributed by atoms with van der Waals surface area (Å²) < 4.78 is 18.6. The lowest BCUT2D eigenvalue weighted by atomic mass is 10.2. The summed E-state index contributed by atoms with van der Waals surface area (Å²) in [4.78, 5) is 0. The Hall–Kier alpha value is -1.56. The molecule has 0 aliphatic heterocycles. The second-order valence-electron chi connectivity index (χ2n) is 3.09. The molecule has 0 saturated carbocycles. The molecule has 74 valence electrons. The van der Waals surface area contributed by atoms with Gasteiger partial charge in [-0.15, -0.1) is 0 Å². The Morgan fingerprint density at radius 1 is 1.57 bits per heavy atom. The van der Waals surface area contributed by atoms with E-state index in [2.05, 4.69) is 0 Å². The van der Waals surface area contributed by atoms with Gasteiger partial charge in [0.05, 0.1) is 17.7 Å². The first-order valence-corrected chi connectivity index (χ1v) is 4.53. The molecule has 0 saturated heterocycles. The lowest BCUT2D eigenvalue weighted by Crippen LogP contribution is -2.10. The molecule has 0 heterocycles. The van der Waals surface area contributed by atoms with Gasteiger partial charge >= 0.3 is 0 Å². The number of rotatable bonds is 3. The van der Waals surface area contributed by atoms with E-state index in [9.17, 15) is 4.39 Å². The first-order chi connectivity index (χ1) is 6.67. The highest BCUT2D eigenvalue weighted by atomic mass is 19.1. The lowest BCUT2D eigenvalue weighted by molar-refractivity contribution is 0.208. The first kappa shape index (κ1) is 10.5. The maximum absolute atomic E-state index is 13.3. The van der Waals surface area contributed by atoms with E-state index in [0.29, 0.717) is 5.56 Å². The van der Waals surface area contributed by atoms with Gasteiger partial charge in [0.1, 0.15) is 0 Å². The Labute approximate surface area is 82.9 Å². The predicted octanol–water partition coefficient (Wildman–Crippen LogP) is 2.87. The molecule has 1 atom stereocenters. The van der Waals surface area contributed by atoms with Crippen molar-refractivity contribution in [3.63, 3.8) is 0 Å². The highest BCUT2D eigenvalue weighted by Crippen LogP contribution is 2.19. The molecule has 2 nitrogen and oxygen atoms in total. The molecule has 0 N–H and O–H groups in total. The number of benzene rings is 1. The van der Waals surface area contributed by atoms with E-state index in [1.54, 1.807) is 6.07 Å². The van der Waals surface area contributed by atoms with Crippen molar-refractivity contribution in [2.24, 2.45) is 0 Å². The van der Waals surface area contributed by atoms with Crippen molar-refractivity contribution in [3.8, 4) is 11.8 Å². The SMILES string of the molecule is CCC(C)Oc1ccc(C#N)cc1F. The van der Waals surface area contributed by atoms with E-state index < -0.39 is 5.82 Å².